The van der Waals surface area contributed by atoms with Crippen molar-refractivity contribution in [3.8, 4) is 12.3 Å². The van der Waals surface area contributed by atoms with E-state index >= 15 is 0 Å². The summed E-state index contributed by atoms with van der Waals surface area (Å²) in [5.41, 5.74) is 0. The van der Waals surface area contributed by atoms with Crippen molar-refractivity contribution in [3.05, 3.63) is 91.0 Å². The molecule has 136 valence electrons. The molecule has 0 heterocycles. The van der Waals surface area contributed by atoms with Gasteiger partial charge in [-0.3, -0.25) is 0 Å². The Labute approximate surface area is 165 Å². The molecule has 3 aromatic rings. The highest BCUT2D eigenvalue weighted by Crippen LogP contribution is 2.23. The van der Waals surface area contributed by atoms with Crippen LogP contribution in [0, 0.1) is 12.3 Å². The lowest BCUT2D eigenvalue weighted by molar-refractivity contribution is 0.285. The van der Waals surface area contributed by atoms with Crippen LogP contribution >= 0.6 is 0 Å². The lowest BCUT2D eigenvalue weighted by Crippen LogP contribution is -2.80. The maximum atomic E-state index is 6.94. The van der Waals surface area contributed by atoms with Crippen LogP contribution in [0.1, 0.15) is 6.92 Å². The topological polar surface area (TPSA) is 9.23 Å². The van der Waals surface area contributed by atoms with Crippen LogP contribution in [-0.4, -0.2) is 21.5 Å². The van der Waals surface area contributed by atoms with Gasteiger partial charge in [-0.25, -0.2) is 0 Å². The standard InChI is InChI=1S/C24H26OSi2/c1-5-21(2)25-27(23-17-11-7-12-18-23,24-19-13-8-14-20-24)26(3,4)22-15-9-6-10-16-22/h1,6-21H,2-4H3/t21-/m1/s1. The van der Waals surface area contributed by atoms with E-state index in [1.165, 1.54) is 15.6 Å². The largest absolute Gasteiger partial charge is 0.397 e. The molecule has 0 unspecified atom stereocenters. The van der Waals surface area contributed by atoms with Crippen molar-refractivity contribution >= 4 is 31.0 Å². The van der Waals surface area contributed by atoms with Crippen molar-refractivity contribution in [1.29, 1.82) is 0 Å². The Hall–Kier alpha value is -2.39. The molecule has 0 aliphatic heterocycles. The highest BCUT2D eigenvalue weighted by Gasteiger charge is 2.55. The summed E-state index contributed by atoms with van der Waals surface area (Å²) < 4.78 is 6.94. The lowest BCUT2D eigenvalue weighted by atomic mass is 10.4. The van der Waals surface area contributed by atoms with E-state index in [1.807, 2.05) is 6.92 Å². The van der Waals surface area contributed by atoms with Crippen LogP contribution in [0.2, 0.25) is 13.1 Å². The number of hydrogen-bond acceptors (Lipinski definition) is 1. The number of hydrogen-bond donors (Lipinski definition) is 0. The first-order chi connectivity index (χ1) is 13.0. The molecule has 0 aromatic heterocycles. The molecule has 0 N–H and O–H groups in total. The van der Waals surface area contributed by atoms with Crippen molar-refractivity contribution in [2.24, 2.45) is 0 Å². The van der Waals surface area contributed by atoms with E-state index in [1.54, 1.807) is 0 Å². The van der Waals surface area contributed by atoms with E-state index in [0.29, 0.717) is 0 Å². The quantitative estimate of drug-likeness (QED) is 0.465. The molecule has 3 aromatic carbocycles. The summed E-state index contributed by atoms with van der Waals surface area (Å²) in [6, 6.07) is 32.3. The predicted octanol–water partition coefficient (Wildman–Crippen LogP) is 3.48. The van der Waals surface area contributed by atoms with Crippen LogP contribution in [0.3, 0.4) is 0 Å². The first kappa shape index (κ1) is 19.4. The maximum Gasteiger partial charge on any atom is 0.247 e. The van der Waals surface area contributed by atoms with Gasteiger partial charge in [-0.05, 0) is 17.3 Å². The molecule has 0 spiro atoms. The molecule has 3 heteroatoms. The molecule has 0 bridgehead atoms. The summed E-state index contributed by atoms with van der Waals surface area (Å²) in [5.74, 6) is 2.82. The fraction of sp³-hybridized carbons (Fsp3) is 0.167. The minimum Gasteiger partial charge on any atom is -0.397 e. The fourth-order valence-corrected chi connectivity index (χ4v) is 18.0. The molecule has 0 aliphatic rings. The highest BCUT2D eigenvalue weighted by molar-refractivity contribution is 7.52. The third kappa shape index (κ3) is 3.57. The van der Waals surface area contributed by atoms with Gasteiger partial charge in [0.2, 0.25) is 7.83 Å². The Morgan fingerprint density at radius 2 is 1.07 bits per heavy atom. The van der Waals surface area contributed by atoms with Gasteiger partial charge in [0, 0.05) is 0 Å². The van der Waals surface area contributed by atoms with E-state index in [2.05, 4.69) is 110 Å². The third-order valence-corrected chi connectivity index (χ3v) is 20.1. The Bertz CT molecular complexity index is 860. The number of benzene rings is 3. The van der Waals surface area contributed by atoms with Crippen molar-refractivity contribution < 1.29 is 4.43 Å². The lowest BCUT2D eigenvalue weighted by Gasteiger charge is -2.45. The van der Waals surface area contributed by atoms with Gasteiger partial charge in [0.15, 0.2) is 0 Å². The first-order valence-corrected chi connectivity index (χ1v) is 15.2. The van der Waals surface area contributed by atoms with Gasteiger partial charge in [-0.2, -0.15) is 0 Å². The monoisotopic (exact) mass is 386 g/mol. The van der Waals surface area contributed by atoms with Gasteiger partial charge in [0.05, 0.1) is 0 Å². The van der Waals surface area contributed by atoms with Gasteiger partial charge in [0.1, 0.15) is 13.7 Å². The second-order valence-corrected chi connectivity index (χ2v) is 19.8. The maximum absolute atomic E-state index is 6.94. The molecule has 0 amide bonds. The molecular weight excluding hydrogens is 360 g/mol. The van der Waals surface area contributed by atoms with E-state index in [-0.39, 0.29) is 6.10 Å². The van der Waals surface area contributed by atoms with Crippen molar-refractivity contribution in [2.75, 3.05) is 0 Å². The zero-order chi connectivity index (χ0) is 19.3. The van der Waals surface area contributed by atoms with Crippen LogP contribution in [-0.2, 0) is 4.43 Å². The zero-order valence-corrected chi connectivity index (χ0v) is 18.2. The first-order valence-electron chi connectivity index (χ1n) is 9.33. The Kier molecular flexibility index (Phi) is 5.81. The van der Waals surface area contributed by atoms with Crippen LogP contribution in [0.25, 0.3) is 0 Å². The van der Waals surface area contributed by atoms with Gasteiger partial charge >= 0.3 is 0 Å². The molecular formula is C24H26OSi2. The highest BCUT2D eigenvalue weighted by atomic mass is 29.3. The van der Waals surface area contributed by atoms with E-state index in [4.69, 9.17) is 10.8 Å². The Balaban J connectivity index is 2.35. The second-order valence-electron chi connectivity index (χ2n) is 7.33. The Morgan fingerprint density at radius 3 is 1.44 bits per heavy atom. The number of rotatable bonds is 6. The van der Waals surface area contributed by atoms with Crippen molar-refractivity contribution in [2.45, 2.75) is 26.1 Å². The molecule has 0 saturated heterocycles. The predicted molar refractivity (Wildman–Crippen MR) is 121 cm³/mol. The van der Waals surface area contributed by atoms with E-state index in [0.717, 1.165) is 0 Å². The minimum atomic E-state index is -2.60. The summed E-state index contributed by atoms with van der Waals surface area (Å²) >= 11 is 0. The summed E-state index contributed by atoms with van der Waals surface area (Å²) in [6.45, 7) is 6.85. The summed E-state index contributed by atoms with van der Waals surface area (Å²) in [4.78, 5) is 0. The summed E-state index contributed by atoms with van der Waals surface area (Å²) in [6.07, 6.45) is 5.54. The molecule has 27 heavy (non-hydrogen) atoms. The third-order valence-electron chi connectivity index (χ3n) is 5.32. The van der Waals surface area contributed by atoms with Gasteiger partial charge in [0.25, 0.3) is 0 Å². The summed E-state index contributed by atoms with van der Waals surface area (Å²) in [5, 5.41) is 3.98. The van der Waals surface area contributed by atoms with Crippen LogP contribution in [0.15, 0.2) is 91.0 Å². The zero-order valence-electron chi connectivity index (χ0n) is 16.2. The second kappa shape index (κ2) is 8.10. The van der Waals surface area contributed by atoms with Crippen LogP contribution < -0.4 is 15.6 Å². The summed E-state index contributed by atoms with van der Waals surface area (Å²) in [7, 11) is -4.70. The molecule has 1 nitrogen and oxygen atoms in total. The normalized spacial score (nSPS) is 13.0. The van der Waals surface area contributed by atoms with Crippen molar-refractivity contribution in [1.82, 2.24) is 0 Å². The van der Waals surface area contributed by atoms with E-state index < -0.39 is 15.4 Å². The van der Waals surface area contributed by atoms with Gasteiger partial charge in [-0.1, -0.05) is 115 Å². The number of terminal acetylenes is 1. The SMILES string of the molecule is C#C[C@@H](C)O[Si](c1ccccc1)(c1ccccc1)[Si](C)(C)c1ccccc1. The molecule has 1 atom stereocenters. The molecule has 0 aliphatic carbocycles. The Morgan fingerprint density at radius 1 is 0.704 bits per heavy atom. The smallest absolute Gasteiger partial charge is 0.247 e. The minimum absolute atomic E-state index is 0.243. The molecule has 0 saturated carbocycles. The van der Waals surface area contributed by atoms with Gasteiger partial charge < -0.3 is 4.43 Å². The van der Waals surface area contributed by atoms with Crippen LogP contribution in [0.4, 0.5) is 0 Å². The van der Waals surface area contributed by atoms with Gasteiger partial charge in [-0.15, -0.1) is 6.42 Å². The molecule has 0 fully saturated rings. The molecule has 0 radical (unpaired) electrons. The van der Waals surface area contributed by atoms with Crippen molar-refractivity contribution in [3.63, 3.8) is 0 Å². The van der Waals surface area contributed by atoms with E-state index in [9.17, 15) is 0 Å². The molecule has 3 rings (SSSR count). The average molecular weight is 387 g/mol. The fourth-order valence-electron chi connectivity index (χ4n) is 3.87. The average Bonchev–Trinajstić information content (AvgIpc) is 2.73. The van der Waals surface area contributed by atoms with Crippen LogP contribution in [0.5, 0.6) is 0 Å².